The Morgan fingerprint density at radius 2 is 2.00 bits per heavy atom. The van der Waals surface area contributed by atoms with Crippen molar-refractivity contribution >= 4 is 34.5 Å². The average Bonchev–Trinajstić information content (AvgIpc) is 2.66. The molecule has 0 fully saturated rings. The first-order valence-electron chi connectivity index (χ1n) is 8.77. The minimum Gasteiger partial charge on any atom is -0.332 e. The molecule has 3 aromatic rings. The molecule has 0 aliphatic heterocycles. The molecule has 1 aromatic heterocycles. The molecule has 2 aromatic carbocycles. The van der Waals surface area contributed by atoms with Gasteiger partial charge in [0.2, 0.25) is 5.91 Å². The van der Waals surface area contributed by atoms with Crippen molar-refractivity contribution < 1.29 is 4.79 Å². The standard InChI is InChI=1S/C21H20ClN3O2/c1-2-12-25(20(26)11-8-15-6-4-3-5-7-15)14-19-23-18-13-16(22)9-10-17(18)21(27)24-19/h3-11,13H,2,12,14H2,1H3,(H,23,24,27). The van der Waals surface area contributed by atoms with Crippen molar-refractivity contribution in [3.63, 3.8) is 0 Å². The minimum atomic E-state index is -0.240. The van der Waals surface area contributed by atoms with Gasteiger partial charge in [0, 0.05) is 17.6 Å². The van der Waals surface area contributed by atoms with Gasteiger partial charge in [-0.25, -0.2) is 4.98 Å². The van der Waals surface area contributed by atoms with E-state index in [-0.39, 0.29) is 18.0 Å². The van der Waals surface area contributed by atoms with Gasteiger partial charge < -0.3 is 9.88 Å². The van der Waals surface area contributed by atoms with Crippen LogP contribution >= 0.6 is 11.6 Å². The normalized spacial score (nSPS) is 11.2. The van der Waals surface area contributed by atoms with Crippen LogP contribution in [-0.4, -0.2) is 27.3 Å². The van der Waals surface area contributed by atoms with Gasteiger partial charge in [0.15, 0.2) is 0 Å². The molecule has 27 heavy (non-hydrogen) atoms. The van der Waals surface area contributed by atoms with Crippen LogP contribution in [0.15, 0.2) is 59.4 Å². The lowest BCUT2D eigenvalue weighted by molar-refractivity contribution is -0.126. The number of aromatic amines is 1. The lowest BCUT2D eigenvalue weighted by atomic mass is 10.2. The Morgan fingerprint density at radius 3 is 2.74 bits per heavy atom. The van der Waals surface area contributed by atoms with Crippen LogP contribution in [-0.2, 0) is 11.3 Å². The second-order valence-corrected chi connectivity index (χ2v) is 6.61. The predicted molar refractivity (Wildman–Crippen MR) is 109 cm³/mol. The Morgan fingerprint density at radius 1 is 1.22 bits per heavy atom. The second-order valence-electron chi connectivity index (χ2n) is 6.18. The van der Waals surface area contributed by atoms with Crippen molar-refractivity contribution in [3.05, 3.63) is 81.4 Å². The molecule has 3 rings (SSSR count). The number of hydrogen-bond acceptors (Lipinski definition) is 3. The van der Waals surface area contributed by atoms with Crippen LogP contribution in [0, 0.1) is 0 Å². The van der Waals surface area contributed by atoms with Crippen LogP contribution in [0.25, 0.3) is 17.0 Å². The van der Waals surface area contributed by atoms with E-state index in [0.717, 1.165) is 12.0 Å². The van der Waals surface area contributed by atoms with Crippen LogP contribution in [0.3, 0.4) is 0 Å². The summed E-state index contributed by atoms with van der Waals surface area (Å²) >= 11 is 6.00. The van der Waals surface area contributed by atoms with Gasteiger partial charge in [-0.2, -0.15) is 0 Å². The third kappa shape index (κ3) is 4.83. The molecule has 1 amide bonds. The molecule has 0 bridgehead atoms. The van der Waals surface area contributed by atoms with Crippen molar-refractivity contribution in [2.24, 2.45) is 0 Å². The maximum atomic E-state index is 12.6. The van der Waals surface area contributed by atoms with E-state index in [1.165, 1.54) is 0 Å². The highest BCUT2D eigenvalue weighted by Crippen LogP contribution is 2.15. The van der Waals surface area contributed by atoms with E-state index in [4.69, 9.17) is 11.6 Å². The summed E-state index contributed by atoms with van der Waals surface area (Å²) in [6.07, 6.45) is 4.12. The highest BCUT2D eigenvalue weighted by Gasteiger charge is 2.13. The number of carbonyl (C=O) groups excluding carboxylic acids is 1. The van der Waals surface area contributed by atoms with Crippen molar-refractivity contribution in [2.75, 3.05) is 6.54 Å². The topological polar surface area (TPSA) is 66.1 Å². The molecule has 0 unspecified atom stereocenters. The van der Waals surface area contributed by atoms with Gasteiger partial charge in [-0.15, -0.1) is 0 Å². The number of benzene rings is 2. The van der Waals surface area contributed by atoms with Gasteiger partial charge >= 0.3 is 0 Å². The summed E-state index contributed by atoms with van der Waals surface area (Å²) in [5.74, 6) is 0.305. The van der Waals surface area contributed by atoms with E-state index in [0.29, 0.717) is 28.3 Å². The molecular weight excluding hydrogens is 362 g/mol. The van der Waals surface area contributed by atoms with Gasteiger partial charge in [-0.05, 0) is 36.3 Å². The third-order valence-electron chi connectivity index (χ3n) is 4.08. The molecule has 0 radical (unpaired) electrons. The number of aromatic nitrogens is 2. The fraction of sp³-hybridized carbons (Fsp3) is 0.190. The Bertz CT molecular complexity index is 1030. The monoisotopic (exact) mass is 381 g/mol. The fourth-order valence-corrected chi connectivity index (χ4v) is 2.96. The number of carbonyl (C=O) groups is 1. The molecule has 1 N–H and O–H groups in total. The summed E-state index contributed by atoms with van der Waals surface area (Å²) < 4.78 is 0. The average molecular weight is 382 g/mol. The SMILES string of the molecule is CCCN(Cc1nc2cc(Cl)ccc2c(=O)[nH]1)C(=O)C=Cc1ccccc1. The molecule has 1 heterocycles. The van der Waals surface area contributed by atoms with Gasteiger partial charge in [0.25, 0.3) is 5.56 Å². The summed E-state index contributed by atoms with van der Waals surface area (Å²) in [7, 11) is 0. The molecule has 5 nitrogen and oxygen atoms in total. The van der Waals surface area contributed by atoms with Gasteiger partial charge in [0.1, 0.15) is 5.82 Å². The van der Waals surface area contributed by atoms with E-state index in [1.807, 2.05) is 37.3 Å². The number of halogens is 1. The molecule has 0 atom stereocenters. The van der Waals surface area contributed by atoms with E-state index < -0.39 is 0 Å². The van der Waals surface area contributed by atoms with Gasteiger partial charge in [-0.1, -0.05) is 48.9 Å². The first-order valence-corrected chi connectivity index (χ1v) is 9.15. The Balaban J connectivity index is 1.83. The third-order valence-corrected chi connectivity index (χ3v) is 4.32. The van der Waals surface area contributed by atoms with Crippen molar-refractivity contribution in [2.45, 2.75) is 19.9 Å². The van der Waals surface area contributed by atoms with Crippen LogP contribution in [0.2, 0.25) is 5.02 Å². The number of H-pyrrole nitrogens is 1. The quantitative estimate of drug-likeness (QED) is 0.655. The highest BCUT2D eigenvalue weighted by atomic mass is 35.5. The maximum absolute atomic E-state index is 12.6. The summed E-state index contributed by atoms with van der Waals surface area (Å²) in [5.41, 5.74) is 1.23. The molecule has 0 aliphatic carbocycles. The zero-order chi connectivity index (χ0) is 19.2. The van der Waals surface area contributed by atoms with Crippen LogP contribution in [0.4, 0.5) is 0 Å². The Hall–Kier alpha value is -2.92. The number of rotatable bonds is 6. The summed E-state index contributed by atoms with van der Waals surface area (Å²) in [6.45, 7) is 2.79. The number of nitrogens with one attached hydrogen (secondary N) is 1. The maximum Gasteiger partial charge on any atom is 0.258 e. The zero-order valence-electron chi connectivity index (χ0n) is 15.0. The number of amides is 1. The van der Waals surface area contributed by atoms with Crippen molar-refractivity contribution in [3.8, 4) is 0 Å². The first kappa shape index (κ1) is 18.9. The highest BCUT2D eigenvalue weighted by molar-refractivity contribution is 6.31. The summed E-state index contributed by atoms with van der Waals surface area (Å²) in [6, 6.07) is 14.6. The molecular formula is C21H20ClN3O2. The number of fused-ring (bicyclic) bond motifs is 1. The summed E-state index contributed by atoms with van der Waals surface area (Å²) in [5, 5.41) is 0.985. The number of nitrogens with zero attached hydrogens (tertiary/aromatic N) is 2. The molecule has 0 aliphatic rings. The molecule has 0 saturated carbocycles. The van der Waals surface area contributed by atoms with Crippen LogP contribution in [0.5, 0.6) is 0 Å². The lowest BCUT2D eigenvalue weighted by Crippen LogP contribution is -2.31. The molecule has 0 saturated heterocycles. The van der Waals surface area contributed by atoms with Gasteiger partial charge in [0.05, 0.1) is 17.4 Å². The van der Waals surface area contributed by atoms with E-state index >= 15 is 0 Å². The fourth-order valence-electron chi connectivity index (χ4n) is 2.79. The Kier molecular flexibility index (Phi) is 6.04. The zero-order valence-corrected chi connectivity index (χ0v) is 15.7. The van der Waals surface area contributed by atoms with Gasteiger partial charge in [-0.3, -0.25) is 9.59 Å². The minimum absolute atomic E-state index is 0.130. The second kappa shape index (κ2) is 8.64. The lowest BCUT2D eigenvalue weighted by Gasteiger charge is -2.20. The smallest absolute Gasteiger partial charge is 0.258 e. The van der Waals surface area contributed by atoms with E-state index in [2.05, 4.69) is 9.97 Å². The molecule has 6 heteroatoms. The van der Waals surface area contributed by atoms with Crippen molar-refractivity contribution in [1.29, 1.82) is 0 Å². The largest absolute Gasteiger partial charge is 0.332 e. The molecule has 138 valence electrons. The van der Waals surface area contributed by atoms with Crippen molar-refractivity contribution in [1.82, 2.24) is 14.9 Å². The van der Waals surface area contributed by atoms with E-state index in [9.17, 15) is 9.59 Å². The molecule has 0 spiro atoms. The predicted octanol–water partition coefficient (Wildman–Crippen LogP) is 4.03. The van der Waals surface area contributed by atoms with Crippen LogP contribution in [0.1, 0.15) is 24.7 Å². The Labute approximate surface area is 162 Å². The number of hydrogen-bond donors (Lipinski definition) is 1. The first-order chi connectivity index (χ1) is 13.1. The van der Waals surface area contributed by atoms with E-state index in [1.54, 1.807) is 35.3 Å². The summed E-state index contributed by atoms with van der Waals surface area (Å²) in [4.78, 5) is 33.8. The van der Waals surface area contributed by atoms with Crippen LogP contribution < -0.4 is 5.56 Å².